The molecule has 2 rings (SSSR count). The molecule has 1 aromatic heterocycles. The number of carbonyl (C=O) groups excluding carboxylic acids is 1. The molecule has 0 saturated carbocycles. The Labute approximate surface area is 163 Å². The number of hydrogen-bond donors (Lipinski definition) is 3. The molecule has 0 aliphatic rings. The predicted molar refractivity (Wildman–Crippen MR) is 101 cm³/mol. The first kappa shape index (κ1) is 21.0. The monoisotopic (exact) mass is 428 g/mol. The quantitative estimate of drug-likeness (QED) is 0.339. The molecule has 0 aliphatic carbocycles. The highest BCUT2D eigenvalue weighted by molar-refractivity contribution is 7.89. The Morgan fingerprint density at radius 2 is 1.86 bits per heavy atom. The number of hydrogen-bond acceptors (Lipinski definition) is 9. The van der Waals surface area contributed by atoms with E-state index >= 15 is 0 Å². The van der Waals surface area contributed by atoms with Crippen LogP contribution in [0.1, 0.15) is 17.5 Å². The van der Waals surface area contributed by atoms with Gasteiger partial charge in [-0.05, 0) is 37.3 Å². The Bertz CT molecular complexity index is 1060. The number of halogens is 1. The third kappa shape index (κ3) is 5.60. The average Bonchev–Trinajstić information content (AvgIpc) is 3.14. The molecule has 2 aromatic rings. The normalized spacial score (nSPS) is 12.5. The fraction of sp³-hybridized carbons (Fsp3) is 0.0714. The van der Waals surface area contributed by atoms with Gasteiger partial charge in [0.15, 0.2) is 5.17 Å². The number of nitrogens with two attached hydrogens (primary N) is 1. The van der Waals surface area contributed by atoms with Crippen LogP contribution in [0.5, 0.6) is 0 Å². The summed E-state index contributed by atoms with van der Waals surface area (Å²) in [5.41, 5.74) is 5.22. The molecule has 0 spiro atoms. The van der Waals surface area contributed by atoms with Crippen molar-refractivity contribution in [3.8, 4) is 0 Å². The van der Waals surface area contributed by atoms with Crippen molar-refractivity contribution in [2.24, 2.45) is 15.3 Å². The molecule has 0 aliphatic heterocycles. The van der Waals surface area contributed by atoms with E-state index in [9.17, 15) is 23.3 Å². The smallest absolute Gasteiger partial charge is 0.395 e. The number of rotatable bonds is 7. The molecule has 14 heteroatoms. The molecule has 0 fully saturated rings. The van der Waals surface area contributed by atoms with Crippen LogP contribution in [0.15, 0.2) is 55.9 Å². The molecule has 0 atom stereocenters. The van der Waals surface area contributed by atoms with Crippen LogP contribution >= 0.6 is 11.6 Å². The largest absolute Gasteiger partial charge is 0.433 e. The van der Waals surface area contributed by atoms with Gasteiger partial charge in [-0.15, -0.1) is 0 Å². The first-order valence-corrected chi connectivity index (χ1v) is 9.21. The van der Waals surface area contributed by atoms with Gasteiger partial charge in [0.2, 0.25) is 15.8 Å². The van der Waals surface area contributed by atoms with Crippen LogP contribution < -0.4 is 16.0 Å². The second-order valence-corrected chi connectivity index (χ2v) is 7.04. The summed E-state index contributed by atoms with van der Waals surface area (Å²) in [5.74, 6) is -1.70. The van der Waals surface area contributed by atoms with Crippen molar-refractivity contribution in [2.75, 3.05) is 5.43 Å². The first-order chi connectivity index (χ1) is 13.1. The van der Waals surface area contributed by atoms with Gasteiger partial charge in [0, 0.05) is 0 Å². The maximum atomic E-state index is 11.8. The summed E-state index contributed by atoms with van der Waals surface area (Å²) in [6.45, 7) is 1.45. The van der Waals surface area contributed by atoms with Crippen LogP contribution in [0.4, 0.5) is 11.6 Å². The van der Waals surface area contributed by atoms with Crippen molar-refractivity contribution >= 4 is 50.0 Å². The Morgan fingerprint density at radius 1 is 1.21 bits per heavy atom. The second kappa shape index (κ2) is 8.60. The summed E-state index contributed by atoms with van der Waals surface area (Å²) >= 11 is 5.94. The summed E-state index contributed by atoms with van der Waals surface area (Å²) in [6.07, 6.45) is 0. The summed E-state index contributed by atoms with van der Waals surface area (Å²) in [6, 6.07) is 7.57. The molecule has 0 radical (unpaired) electrons. The number of nitrogens with zero attached hydrogens (tertiary/aromatic N) is 3. The van der Waals surface area contributed by atoms with Crippen molar-refractivity contribution in [1.29, 1.82) is 0 Å². The third-order valence-electron chi connectivity index (χ3n) is 3.09. The Balaban J connectivity index is 1.99. The van der Waals surface area contributed by atoms with Gasteiger partial charge in [0.05, 0.1) is 22.4 Å². The van der Waals surface area contributed by atoms with Crippen molar-refractivity contribution in [2.45, 2.75) is 11.8 Å². The fourth-order valence-corrected chi connectivity index (χ4v) is 2.30. The number of primary sulfonamides is 1. The van der Waals surface area contributed by atoms with Gasteiger partial charge < -0.3 is 4.42 Å². The van der Waals surface area contributed by atoms with Gasteiger partial charge in [0.25, 0.3) is 0 Å². The number of amides is 1. The van der Waals surface area contributed by atoms with E-state index in [0.29, 0.717) is 5.69 Å². The van der Waals surface area contributed by atoms with Gasteiger partial charge in [-0.1, -0.05) is 11.6 Å². The maximum absolute atomic E-state index is 11.8. The van der Waals surface area contributed by atoms with Crippen LogP contribution in [-0.2, 0) is 10.0 Å². The molecule has 148 valence electrons. The van der Waals surface area contributed by atoms with Crippen LogP contribution in [0.3, 0.4) is 0 Å². The molecule has 1 heterocycles. The number of nitro groups is 1. The molecule has 4 N–H and O–H groups in total. The fourth-order valence-electron chi connectivity index (χ4n) is 1.70. The lowest BCUT2D eigenvalue weighted by atomic mass is 10.3. The minimum atomic E-state index is -3.80. The van der Waals surface area contributed by atoms with Crippen molar-refractivity contribution < 1.29 is 22.6 Å². The Morgan fingerprint density at radius 3 is 2.39 bits per heavy atom. The number of carbonyl (C=O) groups is 1. The summed E-state index contributed by atoms with van der Waals surface area (Å²) in [5, 5.41) is 22.9. The number of benzene rings is 1. The maximum Gasteiger partial charge on any atom is 0.433 e. The lowest BCUT2D eigenvalue weighted by Gasteiger charge is -2.03. The molecule has 0 unspecified atom stereocenters. The van der Waals surface area contributed by atoms with E-state index in [1.165, 1.54) is 31.2 Å². The number of sulfonamides is 1. The van der Waals surface area contributed by atoms with Gasteiger partial charge in [-0.3, -0.25) is 20.3 Å². The molecular weight excluding hydrogens is 416 g/mol. The average molecular weight is 429 g/mol. The van der Waals surface area contributed by atoms with Crippen LogP contribution in [-0.4, -0.2) is 30.1 Å². The molecule has 1 aromatic carbocycles. The zero-order valence-electron chi connectivity index (χ0n) is 14.1. The van der Waals surface area contributed by atoms with E-state index in [4.69, 9.17) is 21.2 Å². The number of furan rings is 1. The van der Waals surface area contributed by atoms with E-state index in [1.807, 2.05) is 0 Å². The van der Waals surface area contributed by atoms with E-state index in [-0.39, 0.29) is 21.5 Å². The Hall–Kier alpha value is -3.29. The highest BCUT2D eigenvalue weighted by Crippen LogP contribution is 2.15. The number of anilines is 1. The summed E-state index contributed by atoms with van der Waals surface area (Å²) in [4.78, 5) is 21.5. The van der Waals surface area contributed by atoms with E-state index in [1.54, 1.807) is 0 Å². The van der Waals surface area contributed by atoms with Gasteiger partial charge in [-0.2, -0.15) is 10.2 Å². The van der Waals surface area contributed by atoms with E-state index < -0.39 is 26.7 Å². The molecule has 28 heavy (non-hydrogen) atoms. The topological polar surface area (TPSA) is 182 Å². The molecule has 12 nitrogen and oxygen atoms in total. The van der Waals surface area contributed by atoms with Crippen LogP contribution in [0.2, 0.25) is 0 Å². The van der Waals surface area contributed by atoms with Crippen LogP contribution in [0, 0.1) is 10.1 Å². The lowest BCUT2D eigenvalue weighted by Crippen LogP contribution is -2.20. The Kier molecular flexibility index (Phi) is 6.45. The van der Waals surface area contributed by atoms with E-state index in [2.05, 4.69) is 21.1 Å². The highest BCUT2D eigenvalue weighted by atomic mass is 35.5. The number of nitrogens with one attached hydrogen (secondary N) is 2. The second-order valence-electron chi connectivity index (χ2n) is 5.12. The highest BCUT2D eigenvalue weighted by Gasteiger charge is 2.17. The first-order valence-electron chi connectivity index (χ1n) is 7.29. The third-order valence-corrected chi connectivity index (χ3v) is 4.37. The molecule has 1 amide bonds. The predicted octanol–water partition coefficient (Wildman–Crippen LogP) is 1.61. The van der Waals surface area contributed by atoms with Crippen molar-refractivity contribution in [1.82, 2.24) is 5.43 Å². The van der Waals surface area contributed by atoms with E-state index in [0.717, 1.165) is 12.1 Å². The SMILES string of the molecule is CC(=N\NC(=O)c1ccc([N+](=O)[O-])o1)/C(Cl)=N/Nc1ccc(S(N)(=O)=O)cc1. The minimum absolute atomic E-state index is 0.0632. The van der Waals surface area contributed by atoms with Crippen molar-refractivity contribution in [3.05, 3.63) is 52.3 Å². The molecule has 0 saturated heterocycles. The molecular formula is C14H13ClN6O6S. The van der Waals surface area contributed by atoms with Crippen LogP contribution in [0.25, 0.3) is 0 Å². The zero-order chi connectivity index (χ0) is 20.9. The minimum Gasteiger partial charge on any atom is -0.395 e. The zero-order valence-corrected chi connectivity index (χ0v) is 15.7. The lowest BCUT2D eigenvalue weighted by molar-refractivity contribution is -0.402. The van der Waals surface area contributed by atoms with Gasteiger partial charge in [-0.25, -0.2) is 19.0 Å². The van der Waals surface area contributed by atoms with Gasteiger partial charge in [0.1, 0.15) is 4.92 Å². The number of hydrazone groups is 2. The van der Waals surface area contributed by atoms with Crippen molar-refractivity contribution in [3.63, 3.8) is 0 Å². The molecule has 0 bridgehead atoms. The summed E-state index contributed by atoms with van der Waals surface area (Å²) in [7, 11) is -3.80. The van der Waals surface area contributed by atoms with Gasteiger partial charge >= 0.3 is 11.8 Å². The standard InChI is InChI=1S/C14H13ClN6O6S/c1-8(17-20-14(22)11-6-7-12(27-11)21(23)24)13(15)19-18-9-2-4-10(5-3-9)28(16,25)26/h2-7,18H,1H3,(H,20,22)(H2,16,25,26)/b17-8+,19-13-. The summed E-state index contributed by atoms with van der Waals surface area (Å²) < 4.78 is 27.1.